The third-order valence-electron chi connectivity index (χ3n) is 3.61. The number of benzene rings is 1. The van der Waals surface area contributed by atoms with Crippen molar-refractivity contribution in [2.24, 2.45) is 7.05 Å². The van der Waals surface area contributed by atoms with E-state index in [1.807, 2.05) is 43.7 Å². The molecule has 0 radical (unpaired) electrons. The van der Waals surface area contributed by atoms with Crippen LogP contribution < -0.4 is 4.74 Å². The van der Waals surface area contributed by atoms with Crippen LogP contribution in [0.5, 0.6) is 5.75 Å². The lowest BCUT2D eigenvalue weighted by atomic mass is 10.1. The Hall–Kier alpha value is -1.92. The van der Waals surface area contributed by atoms with Crippen molar-refractivity contribution in [3.05, 3.63) is 58.0 Å². The van der Waals surface area contributed by atoms with Gasteiger partial charge in [0.25, 0.3) is 0 Å². The molecule has 2 aromatic heterocycles. The zero-order chi connectivity index (χ0) is 17.3. The second-order valence-corrected chi connectivity index (χ2v) is 7.12. The third kappa shape index (κ3) is 3.30. The summed E-state index contributed by atoms with van der Waals surface area (Å²) in [5, 5.41) is 9.33. The smallest absolute Gasteiger partial charge is 0.176 e. The number of pyridine rings is 1. The quantitative estimate of drug-likeness (QED) is 0.634. The lowest BCUT2D eigenvalue weighted by Gasteiger charge is -2.25. The number of nitrogens with zero attached hydrogens (tertiary/aromatic N) is 4. The van der Waals surface area contributed by atoms with Crippen molar-refractivity contribution in [3.63, 3.8) is 0 Å². The molecule has 0 N–H and O–H groups in total. The summed E-state index contributed by atoms with van der Waals surface area (Å²) in [5.41, 5.74) is 0.265. The van der Waals surface area contributed by atoms with Gasteiger partial charge >= 0.3 is 0 Å². The van der Waals surface area contributed by atoms with Gasteiger partial charge < -0.3 is 9.30 Å². The van der Waals surface area contributed by atoms with Crippen LogP contribution in [0.1, 0.15) is 19.7 Å². The van der Waals surface area contributed by atoms with Crippen molar-refractivity contribution in [1.82, 2.24) is 19.7 Å². The summed E-state index contributed by atoms with van der Waals surface area (Å²) in [6, 6.07) is 9.15. The van der Waals surface area contributed by atoms with E-state index in [0.717, 1.165) is 27.4 Å². The minimum atomic E-state index is -0.659. The molecule has 5 nitrogen and oxygen atoms in total. The summed E-state index contributed by atoms with van der Waals surface area (Å²) in [6.45, 7) is 3.91. The first kappa shape index (κ1) is 16.9. The summed E-state index contributed by atoms with van der Waals surface area (Å²) in [7, 11) is 1.92. The molecule has 0 atom stereocenters. The summed E-state index contributed by atoms with van der Waals surface area (Å²) >= 11 is 9.42. The average molecular weight is 408 g/mol. The highest BCUT2D eigenvalue weighted by Gasteiger charge is 2.30. The molecule has 0 unspecified atom stereocenters. The van der Waals surface area contributed by atoms with E-state index in [2.05, 4.69) is 31.1 Å². The predicted octanol–water partition coefficient (Wildman–Crippen LogP) is 4.61. The molecule has 0 aliphatic rings. The SMILES string of the molecule is Cn1c(-c2ccncc2Br)nnc1C(C)(C)Oc1ccc(Cl)cc1. The Labute approximate surface area is 153 Å². The van der Waals surface area contributed by atoms with Crippen molar-refractivity contribution in [2.45, 2.75) is 19.4 Å². The van der Waals surface area contributed by atoms with Gasteiger partial charge in [0.15, 0.2) is 17.2 Å². The molecule has 0 aliphatic heterocycles. The van der Waals surface area contributed by atoms with Crippen LogP contribution in [0.3, 0.4) is 0 Å². The molecule has 0 aliphatic carbocycles. The minimum Gasteiger partial charge on any atom is -0.480 e. The Morgan fingerprint density at radius 3 is 2.50 bits per heavy atom. The van der Waals surface area contributed by atoms with Crippen LogP contribution in [0.25, 0.3) is 11.4 Å². The first-order chi connectivity index (χ1) is 11.4. The molecule has 2 heterocycles. The predicted molar refractivity (Wildman–Crippen MR) is 97.0 cm³/mol. The highest BCUT2D eigenvalue weighted by atomic mass is 79.9. The van der Waals surface area contributed by atoms with E-state index in [0.29, 0.717) is 5.02 Å². The van der Waals surface area contributed by atoms with E-state index in [-0.39, 0.29) is 0 Å². The second-order valence-electron chi connectivity index (χ2n) is 5.83. The summed E-state index contributed by atoms with van der Waals surface area (Å²) in [4.78, 5) is 4.08. The van der Waals surface area contributed by atoms with Crippen LogP contribution in [0.15, 0.2) is 47.2 Å². The maximum Gasteiger partial charge on any atom is 0.176 e. The molecule has 24 heavy (non-hydrogen) atoms. The monoisotopic (exact) mass is 406 g/mol. The average Bonchev–Trinajstić information content (AvgIpc) is 2.92. The minimum absolute atomic E-state index is 0.659. The summed E-state index contributed by atoms with van der Waals surface area (Å²) < 4.78 is 8.89. The molecule has 124 valence electrons. The van der Waals surface area contributed by atoms with Crippen molar-refractivity contribution < 1.29 is 4.74 Å². The molecule has 0 bridgehead atoms. The van der Waals surface area contributed by atoms with E-state index in [1.165, 1.54) is 0 Å². The van der Waals surface area contributed by atoms with Gasteiger partial charge in [0.05, 0.1) is 0 Å². The molecule has 0 spiro atoms. The van der Waals surface area contributed by atoms with Crippen molar-refractivity contribution in [2.75, 3.05) is 0 Å². The van der Waals surface area contributed by atoms with Gasteiger partial charge in [-0.1, -0.05) is 11.6 Å². The Kier molecular flexibility index (Phi) is 4.60. The normalized spacial score (nSPS) is 11.5. The van der Waals surface area contributed by atoms with Crippen molar-refractivity contribution in [1.29, 1.82) is 0 Å². The molecular formula is C17H16BrClN4O. The summed E-state index contributed by atoms with van der Waals surface area (Å²) in [5.74, 6) is 2.18. The number of hydrogen-bond acceptors (Lipinski definition) is 4. The van der Waals surface area contributed by atoms with E-state index in [4.69, 9.17) is 16.3 Å². The number of hydrogen-bond donors (Lipinski definition) is 0. The van der Waals surface area contributed by atoms with E-state index < -0.39 is 5.60 Å². The van der Waals surface area contributed by atoms with Crippen molar-refractivity contribution >= 4 is 27.5 Å². The Balaban J connectivity index is 1.94. The molecule has 3 rings (SSSR count). The fourth-order valence-corrected chi connectivity index (χ4v) is 3.04. The van der Waals surface area contributed by atoms with E-state index in [9.17, 15) is 0 Å². The lowest BCUT2D eigenvalue weighted by Crippen LogP contribution is -2.29. The van der Waals surface area contributed by atoms with E-state index >= 15 is 0 Å². The Morgan fingerprint density at radius 2 is 1.83 bits per heavy atom. The number of halogens is 2. The maximum absolute atomic E-state index is 6.10. The topological polar surface area (TPSA) is 52.8 Å². The van der Waals surface area contributed by atoms with Crippen LogP contribution in [0.2, 0.25) is 5.02 Å². The summed E-state index contributed by atoms with van der Waals surface area (Å²) in [6.07, 6.45) is 3.46. The van der Waals surface area contributed by atoms with Crippen LogP contribution in [0.4, 0.5) is 0 Å². The standard InChI is InChI=1S/C17H16BrClN4O/c1-17(2,24-12-6-4-11(19)5-7-12)16-22-21-15(23(16)3)13-8-9-20-10-14(13)18/h4-10H,1-3H3. The molecule has 7 heteroatoms. The van der Waals surface area contributed by atoms with Gasteiger partial charge in [0.1, 0.15) is 5.75 Å². The Bertz CT molecular complexity index is 861. The lowest BCUT2D eigenvalue weighted by molar-refractivity contribution is 0.0950. The molecule has 0 saturated heterocycles. The second kappa shape index (κ2) is 6.53. The third-order valence-corrected chi connectivity index (χ3v) is 4.50. The molecule has 0 saturated carbocycles. The molecule has 3 aromatic rings. The van der Waals surface area contributed by atoms with Gasteiger partial charge in [-0.3, -0.25) is 4.98 Å². The van der Waals surface area contributed by atoms with E-state index in [1.54, 1.807) is 24.5 Å². The van der Waals surface area contributed by atoms with Crippen LogP contribution in [-0.2, 0) is 12.6 Å². The highest BCUT2D eigenvalue weighted by molar-refractivity contribution is 9.10. The van der Waals surface area contributed by atoms with Gasteiger partial charge in [-0.25, -0.2) is 0 Å². The van der Waals surface area contributed by atoms with Gasteiger partial charge in [-0.05, 0) is 60.1 Å². The first-order valence-corrected chi connectivity index (χ1v) is 8.50. The maximum atomic E-state index is 6.10. The molecule has 1 aromatic carbocycles. The molecular weight excluding hydrogens is 392 g/mol. The highest BCUT2D eigenvalue weighted by Crippen LogP contribution is 2.31. The van der Waals surface area contributed by atoms with Crippen LogP contribution in [0, 0.1) is 0 Å². The van der Waals surface area contributed by atoms with Crippen LogP contribution >= 0.6 is 27.5 Å². The molecule has 0 amide bonds. The number of ether oxygens (including phenoxy) is 1. The molecule has 0 fully saturated rings. The van der Waals surface area contributed by atoms with Gasteiger partial charge in [-0.2, -0.15) is 0 Å². The fourth-order valence-electron chi connectivity index (χ4n) is 2.49. The van der Waals surface area contributed by atoms with Crippen LogP contribution in [-0.4, -0.2) is 19.7 Å². The zero-order valence-corrected chi connectivity index (χ0v) is 15.8. The fraction of sp³-hybridized carbons (Fsp3) is 0.235. The van der Waals surface area contributed by atoms with Gasteiger partial charge in [-0.15, -0.1) is 10.2 Å². The zero-order valence-electron chi connectivity index (χ0n) is 13.5. The van der Waals surface area contributed by atoms with Gasteiger partial charge in [0, 0.05) is 34.5 Å². The number of rotatable bonds is 4. The largest absolute Gasteiger partial charge is 0.480 e. The number of aromatic nitrogens is 4. The Morgan fingerprint density at radius 1 is 1.12 bits per heavy atom. The first-order valence-electron chi connectivity index (χ1n) is 7.33. The van der Waals surface area contributed by atoms with Gasteiger partial charge in [0.2, 0.25) is 0 Å². The van der Waals surface area contributed by atoms with Crippen molar-refractivity contribution in [3.8, 4) is 17.1 Å².